The summed E-state index contributed by atoms with van der Waals surface area (Å²) in [4.78, 5) is 30.0. The molecular formula is C32H52I4N2O22. The molecule has 0 aliphatic rings. The van der Waals surface area contributed by atoms with E-state index in [9.17, 15) is 112 Å². The van der Waals surface area contributed by atoms with E-state index in [2.05, 4.69) is 0 Å². The van der Waals surface area contributed by atoms with E-state index in [1.165, 1.54) is 0 Å². The SMILES string of the molecule is O=C(c1c(I)c(I)c(C(=O)N(CC(O)C(O)C(O)C(O)CO)CC(O)C(O)C(O)C(O)CO)c(I)c1I)N(CC(O)C(O)C(O)C(O)CO)CC(O)C(O)C(O)C(O)CO. The largest absolute Gasteiger partial charge is 0.394 e. The van der Waals surface area contributed by atoms with Crippen LogP contribution in [-0.4, -0.2) is 274 Å². The van der Waals surface area contributed by atoms with Crippen LogP contribution in [0.25, 0.3) is 0 Å². The average Bonchev–Trinajstić information content (AvgIpc) is 3.23. The Morgan fingerprint density at radius 2 is 0.483 bits per heavy atom. The number of benzene rings is 1. The second-order valence-corrected chi connectivity index (χ2v) is 17.9. The van der Waals surface area contributed by atoms with Crippen LogP contribution in [0.3, 0.4) is 0 Å². The molecule has 0 aromatic heterocycles. The van der Waals surface area contributed by atoms with Gasteiger partial charge in [0.25, 0.3) is 11.8 Å². The lowest BCUT2D eigenvalue weighted by atomic mass is 10.00. The molecule has 28 heteroatoms. The van der Waals surface area contributed by atoms with Crippen LogP contribution in [0.2, 0.25) is 0 Å². The van der Waals surface area contributed by atoms with E-state index in [1.54, 1.807) is 90.4 Å². The molecule has 0 aliphatic carbocycles. The van der Waals surface area contributed by atoms with E-state index in [1.807, 2.05) is 0 Å². The Labute approximate surface area is 396 Å². The first kappa shape index (κ1) is 58.3. The molecular weight excluding hydrogens is 1270 g/mol. The highest BCUT2D eigenvalue weighted by atomic mass is 127. The quantitative estimate of drug-likeness (QED) is 0.0302. The van der Waals surface area contributed by atoms with Crippen LogP contribution >= 0.6 is 90.4 Å². The number of aliphatic hydroxyl groups is 20. The minimum Gasteiger partial charge on any atom is -0.394 e. The zero-order valence-electron chi connectivity index (χ0n) is 31.1. The number of amides is 2. The zero-order chi connectivity index (χ0) is 46.7. The smallest absolute Gasteiger partial charge is 0.256 e. The van der Waals surface area contributed by atoms with Crippen LogP contribution in [0.15, 0.2) is 0 Å². The van der Waals surface area contributed by atoms with Gasteiger partial charge < -0.3 is 112 Å². The molecule has 0 heterocycles. The van der Waals surface area contributed by atoms with Crippen molar-refractivity contribution in [1.82, 2.24) is 9.80 Å². The first-order valence-electron chi connectivity index (χ1n) is 17.5. The predicted molar refractivity (Wildman–Crippen MR) is 234 cm³/mol. The number of aliphatic hydroxyl groups excluding tert-OH is 20. The number of rotatable bonds is 26. The predicted octanol–water partition coefficient (Wildman–Crippen LogP) is -9.27. The molecule has 0 radical (unpaired) electrons. The van der Waals surface area contributed by atoms with Crippen LogP contribution in [-0.2, 0) is 0 Å². The topological polar surface area (TPSA) is 445 Å². The first-order valence-corrected chi connectivity index (χ1v) is 21.9. The Bertz CT molecular complexity index is 1310. The second kappa shape index (κ2) is 27.0. The molecule has 1 aromatic rings. The number of halogens is 4. The van der Waals surface area contributed by atoms with Gasteiger partial charge in [0, 0.05) is 40.5 Å². The molecule has 0 spiro atoms. The van der Waals surface area contributed by atoms with E-state index >= 15 is 0 Å². The maximum absolute atomic E-state index is 14.3. The van der Waals surface area contributed by atoms with Crippen molar-refractivity contribution < 1.29 is 112 Å². The normalized spacial score (nSPS) is 20.3. The molecule has 20 N–H and O–H groups in total. The van der Waals surface area contributed by atoms with E-state index in [0.717, 1.165) is 0 Å². The van der Waals surface area contributed by atoms with E-state index in [-0.39, 0.29) is 25.4 Å². The van der Waals surface area contributed by atoms with Gasteiger partial charge in [-0.05, 0) is 90.4 Å². The third-order valence-electron chi connectivity index (χ3n) is 9.20. The lowest BCUT2D eigenvalue weighted by Gasteiger charge is -2.35. The Kier molecular flexibility index (Phi) is 26.3. The standard InChI is InChI=1S/C32H52I4N2O22/c33-19-17(31(59)37(1-9(43)23(51)27(55)13(47)5-39)2-10(44)24(52)28(56)14(48)6-40)20(34)22(36)18(21(19)35)32(60)38(3-11(45)25(53)29(57)15(49)7-41)4-12(46)26(54)30(58)16(50)8-42/h9-16,23-30,39-58H,1-8H2. The summed E-state index contributed by atoms with van der Waals surface area (Å²) in [5.41, 5.74) is -0.534. The maximum Gasteiger partial charge on any atom is 0.256 e. The maximum atomic E-state index is 14.3. The summed E-state index contributed by atoms with van der Waals surface area (Å²) in [5, 5.41) is 202. The molecule has 16 atom stereocenters. The van der Waals surface area contributed by atoms with Gasteiger partial charge in [0.05, 0.1) is 37.6 Å². The molecule has 350 valence electrons. The van der Waals surface area contributed by atoms with Gasteiger partial charge in [0.15, 0.2) is 0 Å². The fourth-order valence-electron chi connectivity index (χ4n) is 5.39. The average molecular weight is 1320 g/mol. The molecule has 0 saturated carbocycles. The Balaban J connectivity index is 3.90. The summed E-state index contributed by atoms with van der Waals surface area (Å²) < 4.78 is -0.178. The van der Waals surface area contributed by atoms with Gasteiger partial charge in [0.2, 0.25) is 0 Å². The van der Waals surface area contributed by atoms with Crippen molar-refractivity contribution in [2.45, 2.75) is 97.7 Å². The van der Waals surface area contributed by atoms with Gasteiger partial charge in [-0.2, -0.15) is 0 Å². The van der Waals surface area contributed by atoms with Gasteiger partial charge in [0.1, 0.15) is 97.7 Å². The van der Waals surface area contributed by atoms with E-state index in [0.29, 0.717) is 9.80 Å². The Morgan fingerprint density at radius 3 is 0.633 bits per heavy atom. The summed E-state index contributed by atoms with van der Waals surface area (Å²) in [6.07, 6.45) is -34.0. The minimum absolute atomic E-state index is 0.0444. The van der Waals surface area contributed by atoms with Crippen molar-refractivity contribution in [1.29, 1.82) is 0 Å². The van der Waals surface area contributed by atoms with Gasteiger partial charge >= 0.3 is 0 Å². The van der Waals surface area contributed by atoms with Crippen LogP contribution in [0.5, 0.6) is 0 Å². The van der Waals surface area contributed by atoms with Crippen LogP contribution < -0.4 is 0 Å². The fourth-order valence-corrected chi connectivity index (χ4v) is 9.50. The number of nitrogens with zero attached hydrogens (tertiary/aromatic N) is 2. The number of hydrogen-bond donors (Lipinski definition) is 20. The van der Waals surface area contributed by atoms with E-state index < -0.39 is 162 Å². The van der Waals surface area contributed by atoms with Crippen LogP contribution in [0, 0.1) is 14.3 Å². The van der Waals surface area contributed by atoms with Crippen molar-refractivity contribution >= 4 is 102 Å². The van der Waals surface area contributed by atoms with Crippen LogP contribution in [0.4, 0.5) is 0 Å². The monoisotopic (exact) mass is 1320 g/mol. The third kappa shape index (κ3) is 15.2. The highest BCUT2D eigenvalue weighted by Crippen LogP contribution is 2.35. The summed E-state index contributed by atoms with van der Waals surface area (Å²) in [6.45, 7) is -8.16. The van der Waals surface area contributed by atoms with Crippen molar-refractivity contribution in [3.8, 4) is 0 Å². The molecule has 2 amide bonds. The Morgan fingerprint density at radius 1 is 0.333 bits per heavy atom. The second-order valence-electron chi connectivity index (χ2n) is 13.6. The molecule has 0 fully saturated rings. The fraction of sp³-hybridized carbons (Fsp3) is 0.750. The van der Waals surface area contributed by atoms with Gasteiger partial charge in [-0.3, -0.25) is 9.59 Å². The molecule has 0 bridgehead atoms. The molecule has 0 aliphatic heterocycles. The molecule has 16 unspecified atom stereocenters. The molecule has 60 heavy (non-hydrogen) atoms. The van der Waals surface area contributed by atoms with Crippen LogP contribution in [0.1, 0.15) is 20.7 Å². The highest BCUT2D eigenvalue weighted by Gasteiger charge is 2.40. The summed E-state index contributed by atoms with van der Waals surface area (Å²) in [5.74, 6) is -2.21. The van der Waals surface area contributed by atoms with Gasteiger partial charge in [-0.15, -0.1) is 0 Å². The number of hydrogen-bond acceptors (Lipinski definition) is 22. The van der Waals surface area contributed by atoms with Crippen molar-refractivity contribution in [3.05, 3.63) is 25.4 Å². The minimum atomic E-state index is -2.24. The zero-order valence-corrected chi connectivity index (χ0v) is 39.7. The Hall–Kier alpha value is 0.280. The summed E-state index contributed by atoms with van der Waals surface area (Å²) in [7, 11) is 0. The number of carbonyl (C=O) groups excluding carboxylic acids is 2. The molecule has 1 rings (SSSR count). The first-order chi connectivity index (χ1) is 27.8. The van der Waals surface area contributed by atoms with Crippen molar-refractivity contribution in [2.75, 3.05) is 52.6 Å². The van der Waals surface area contributed by atoms with Gasteiger partial charge in [-0.1, -0.05) is 0 Å². The third-order valence-corrected chi connectivity index (χ3v) is 15.6. The summed E-state index contributed by atoms with van der Waals surface area (Å²) >= 11 is 6.50. The highest BCUT2D eigenvalue weighted by molar-refractivity contribution is 14.1. The molecule has 1 aromatic carbocycles. The lowest BCUT2D eigenvalue weighted by molar-refractivity contribution is -0.127. The molecule has 0 saturated heterocycles. The van der Waals surface area contributed by atoms with E-state index in [4.69, 9.17) is 0 Å². The van der Waals surface area contributed by atoms with Crippen molar-refractivity contribution in [3.63, 3.8) is 0 Å². The van der Waals surface area contributed by atoms with Crippen molar-refractivity contribution in [2.24, 2.45) is 0 Å². The van der Waals surface area contributed by atoms with Gasteiger partial charge in [-0.25, -0.2) is 0 Å². The molecule has 24 nitrogen and oxygen atoms in total. The number of carbonyl (C=O) groups is 2. The lowest BCUT2D eigenvalue weighted by Crippen LogP contribution is -2.54. The summed E-state index contributed by atoms with van der Waals surface area (Å²) in [6, 6.07) is 0.